The fraction of sp³-hybridized carbons (Fsp3) is 0.476. The Morgan fingerprint density at radius 3 is 2.44 bits per heavy atom. The van der Waals surface area contributed by atoms with Crippen LogP contribution in [0.2, 0.25) is 0 Å². The predicted octanol–water partition coefficient (Wildman–Crippen LogP) is 5.28. The van der Waals surface area contributed by atoms with Crippen LogP contribution in [0.3, 0.4) is 0 Å². The van der Waals surface area contributed by atoms with Crippen LogP contribution in [0.4, 0.5) is 5.00 Å². The molecular formula is C21H26N2O3S. The summed E-state index contributed by atoms with van der Waals surface area (Å²) in [4.78, 5) is 29.6. The highest BCUT2D eigenvalue weighted by Crippen LogP contribution is 2.37. The van der Waals surface area contributed by atoms with Gasteiger partial charge in [0.15, 0.2) is 0 Å². The fourth-order valence-corrected chi connectivity index (χ4v) is 4.03. The van der Waals surface area contributed by atoms with E-state index in [9.17, 15) is 9.59 Å². The number of ether oxygens (including phenoxy) is 1. The predicted molar refractivity (Wildman–Crippen MR) is 108 cm³/mol. The number of anilines is 1. The first-order valence-corrected chi connectivity index (χ1v) is 10.3. The second-order valence-electron chi connectivity index (χ2n) is 7.96. The number of nitrogens with zero attached hydrogens (tertiary/aromatic N) is 1. The molecule has 2 heterocycles. The zero-order chi connectivity index (χ0) is 19.4. The summed E-state index contributed by atoms with van der Waals surface area (Å²) in [7, 11) is 0. The molecule has 2 aromatic heterocycles. The summed E-state index contributed by atoms with van der Waals surface area (Å²) >= 11 is 1.35. The van der Waals surface area contributed by atoms with Crippen LogP contribution in [0.5, 0.6) is 0 Å². The summed E-state index contributed by atoms with van der Waals surface area (Å²) in [6.07, 6.45) is 8.53. The maximum absolute atomic E-state index is 13.0. The summed E-state index contributed by atoms with van der Waals surface area (Å²) in [5, 5.41) is 5.36. The van der Waals surface area contributed by atoms with Crippen LogP contribution in [-0.2, 0) is 9.53 Å². The Labute approximate surface area is 164 Å². The molecule has 2 aromatic rings. The van der Waals surface area contributed by atoms with E-state index in [0.717, 1.165) is 36.8 Å². The van der Waals surface area contributed by atoms with Crippen LogP contribution < -0.4 is 5.32 Å². The number of hydrogen-bond acceptors (Lipinski definition) is 5. The number of carbonyl (C=O) groups excluding carboxylic acids is 2. The van der Waals surface area contributed by atoms with E-state index in [4.69, 9.17) is 4.74 Å². The molecule has 1 saturated carbocycles. The molecule has 0 aromatic carbocycles. The molecule has 0 radical (unpaired) electrons. The lowest BCUT2D eigenvalue weighted by atomic mass is 9.95. The van der Waals surface area contributed by atoms with Gasteiger partial charge >= 0.3 is 5.97 Å². The van der Waals surface area contributed by atoms with Gasteiger partial charge in [0, 0.05) is 28.8 Å². The smallest absolute Gasteiger partial charge is 0.342 e. The minimum atomic E-state index is -0.550. The molecule has 5 nitrogen and oxygen atoms in total. The molecule has 0 spiro atoms. The maximum atomic E-state index is 13.0. The molecule has 1 N–H and O–H groups in total. The Bertz CT molecular complexity index is 803. The van der Waals surface area contributed by atoms with E-state index < -0.39 is 5.41 Å². The molecule has 1 fully saturated rings. The first-order chi connectivity index (χ1) is 12.9. The maximum Gasteiger partial charge on any atom is 0.342 e. The van der Waals surface area contributed by atoms with Crippen LogP contribution in [0, 0.1) is 5.41 Å². The number of nitrogens with one attached hydrogen (secondary N) is 1. The third-order valence-corrected chi connectivity index (χ3v) is 5.62. The number of rotatable bonds is 4. The van der Waals surface area contributed by atoms with Crippen molar-refractivity contribution < 1.29 is 14.3 Å². The summed E-state index contributed by atoms with van der Waals surface area (Å²) < 4.78 is 5.81. The molecule has 0 atom stereocenters. The highest BCUT2D eigenvalue weighted by molar-refractivity contribution is 7.15. The molecule has 0 saturated heterocycles. The quantitative estimate of drug-likeness (QED) is 0.726. The van der Waals surface area contributed by atoms with Crippen LogP contribution in [0.15, 0.2) is 29.9 Å². The monoisotopic (exact) mass is 386 g/mol. The van der Waals surface area contributed by atoms with E-state index in [0.29, 0.717) is 10.6 Å². The Morgan fingerprint density at radius 1 is 1.15 bits per heavy atom. The van der Waals surface area contributed by atoms with Gasteiger partial charge in [0.05, 0.1) is 0 Å². The number of amides is 1. The first-order valence-electron chi connectivity index (χ1n) is 9.40. The molecule has 0 aliphatic heterocycles. The average Bonchev–Trinajstić information content (AvgIpc) is 3.06. The molecule has 1 aliphatic carbocycles. The molecule has 3 rings (SSSR count). The van der Waals surface area contributed by atoms with Crippen molar-refractivity contribution in [1.29, 1.82) is 0 Å². The fourth-order valence-electron chi connectivity index (χ4n) is 3.08. The van der Waals surface area contributed by atoms with Gasteiger partial charge in [-0.3, -0.25) is 9.78 Å². The number of aromatic nitrogens is 1. The summed E-state index contributed by atoms with van der Waals surface area (Å²) in [5.41, 5.74) is 1.54. The zero-order valence-corrected chi connectivity index (χ0v) is 16.9. The van der Waals surface area contributed by atoms with Gasteiger partial charge in [0.2, 0.25) is 5.91 Å². The Balaban J connectivity index is 1.93. The molecule has 1 amide bonds. The number of hydrogen-bond donors (Lipinski definition) is 1. The third kappa shape index (κ3) is 4.75. The number of pyridine rings is 1. The Morgan fingerprint density at radius 2 is 1.81 bits per heavy atom. The van der Waals surface area contributed by atoms with E-state index in [-0.39, 0.29) is 18.0 Å². The summed E-state index contributed by atoms with van der Waals surface area (Å²) in [6.45, 7) is 5.54. The SMILES string of the molecule is CC(C)(C)C(=O)Nc1scc(-c2ccncc2)c1C(=O)OC1CCCCC1. The van der Waals surface area contributed by atoms with Gasteiger partial charge in [-0.2, -0.15) is 0 Å². The van der Waals surface area contributed by atoms with Gasteiger partial charge < -0.3 is 10.1 Å². The lowest BCUT2D eigenvalue weighted by Gasteiger charge is -2.22. The lowest BCUT2D eigenvalue weighted by Crippen LogP contribution is -2.28. The van der Waals surface area contributed by atoms with Crippen molar-refractivity contribution in [1.82, 2.24) is 4.98 Å². The van der Waals surface area contributed by atoms with E-state index >= 15 is 0 Å². The van der Waals surface area contributed by atoms with Crippen LogP contribution in [-0.4, -0.2) is 23.0 Å². The highest BCUT2D eigenvalue weighted by Gasteiger charge is 2.28. The Hall–Kier alpha value is -2.21. The minimum Gasteiger partial charge on any atom is -0.459 e. The van der Waals surface area contributed by atoms with E-state index in [1.54, 1.807) is 12.4 Å². The van der Waals surface area contributed by atoms with Crippen molar-refractivity contribution in [3.63, 3.8) is 0 Å². The van der Waals surface area contributed by atoms with Crippen LogP contribution >= 0.6 is 11.3 Å². The average molecular weight is 387 g/mol. The highest BCUT2D eigenvalue weighted by atomic mass is 32.1. The second-order valence-corrected chi connectivity index (χ2v) is 8.84. The van der Waals surface area contributed by atoms with Gasteiger partial charge in [-0.15, -0.1) is 11.3 Å². The molecule has 6 heteroatoms. The van der Waals surface area contributed by atoms with Gasteiger partial charge in [-0.1, -0.05) is 27.2 Å². The third-order valence-electron chi connectivity index (χ3n) is 4.72. The zero-order valence-electron chi connectivity index (χ0n) is 16.1. The standard InChI is InChI=1S/C21H26N2O3S/c1-21(2,3)20(25)23-18-17(19(24)26-15-7-5-4-6-8-15)16(13-27-18)14-9-11-22-12-10-14/h9-13,15H,4-8H2,1-3H3,(H,23,25). The van der Waals surface area contributed by atoms with Crippen LogP contribution in [0.25, 0.3) is 11.1 Å². The first kappa shape index (κ1) is 19.5. The van der Waals surface area contributed by atoms with E-state index in [2.05, 4.69) is 10.3 Å². The van der Waals surface area contributed by atoms with Crippen molar-refractivity contribution in [3.8, 4) is 11.1 Å². The topological polar surface area (TPSA) is 68.3 Å². The molecular weight excluding hydrogens is 360 g/mol. The van der Waals surface area contributed by atoms with Crippen molar-refractivity contribution >= 4 is 28.2 Å². The van der Waals surface area contributed by atoms with E-state index in [1.807, 2.05) is 38.3 Å². The number of thiophene rings is 1. The molecule has 1 aliphatic rings. The van der Waals surface area contributed by atoms with Crippen molar-refractivity contribution in [2.24, 2.45) is 5.41 Å². The Kier molecular flexibility index (Phi) is 5.95. The number of esters is 1. The molecule has 144 valence electrons. The van der Waals surface area contributed by atoms with Crippen molar-refractivity contribution in [2.75, 3.05) is 5.32 Å². The number of carbonyl (C=O) groups is 2. The van der Waals surface area contributed by atoms with Crippen molar-refractivity contribution in [3.05, 3.63) is 35.5 Å². The summed E-state index contributed by atoms with van der Waals surface area (Å²) in [5.74, 6) is -0.489. The van der Waals surface area contributed by atoms with Crippen molar-refractivity contribution in [2.45, 2.75) is 59.0 Å². The normalized spacial score (nSPS) is 15.4. The van der Waals surface area contributed by atoms with Gasteiger partial charge in [-0.05, 0) is 43.4 Å². The lowest BCUT2D eigenvalue weighted by molar-refractivity contribution is -0.123. The van der Waals surface area contributed by atoms with Gasteiger partial charge in [0.25, 0.3) is 0 Å². The second kappa shape index (κ2) is 8.21. The van der Waals surface area contributed by atoms with Crippen LogP contribution in [0.1, 0.15) is 63.2 Å². The summed E-state index contributed by atoms with van der Waals surface area (Å²) in [6, 6.07) is 3.71. The van der Waals surface area contributed by atoms with Gasteiger partial charge in [-0.25, -0.2) is 4.79 Å². The molecule has 27 heavy (non-hydrogen) atoms. The molecule has 0 bridgehead atoms. The van der Waals surface area contributed by atoms with Gasteiger partial charge in [0.1, 0.15) is 16.7 Å². The largest absolute Gasteiger partial charge is 0.459 e. The van der Waals surface area contributed by atoms with E-state index in [1.165, 1.54) is 17.8 Å². The minimum absolute atomic E-state index is 0.0393. The molecule has 0 unspecified atom stereocenters.